The van der Waals surface area contributed by atoms with E-state index in [-0.39, 0.29) is 0 Å². The van der Waals surface area contributed by atoms with Crippen LogP contribution < -0.4 is 9.64 Å². The average molecular weight is 443 g/mol. The van der Waals surface area contributed by atoms with Gasteiger partial charge in [-0.1, -0.05) is 23.9 Å². The van der Waals surface area contributed by atoms with Crippen molar-refractivity contribution in [2.75, 3.05) is 39.2 Å². The number of fused-ring (bicyclic) bond motifs is 2. The summed E-state index contributed by atoms with van der Waals surface area (Å²) in [5.41, 5.74) is 2.16. The number of esters is 2. The Bertz CT molecular complexity index is 945. The summed E-state index contributed by atoms with van der Waals surface area (Å²) in [6.07, 6.45) is 3.10. The largest absolute Gasteiger partial charge is 0.466 e. The van der Waals surface area contributed by atoms with Gasteiger partial charge < -0.3 is 24.1 Å². The molecule has 0 saturated carbocycles. The van der Waals surface area contributed by atoms with Gasteiger partial charge in [0.05, 0.1) is 18.5 Å². The van der Waals surface area contributed by atoms with Gasteiger partial charge in [0, 0.05) is 34.6 Å². The molecule has 7 nitrogen and oxygen atoms in total. The second-order valence-electron chi connectivity index (χ2n) is 6.79. The highest BCUT2D eigenvalue weighted by Crippen LogP contribution is 2.49. The predicted octanol–water partition coefficient (Wildman–Crippen LogP) is 3.69. The van der Waals surface area contributed by atoms with Crippen LogP contribution in [0.5, 0.6) is 5.75 Å². The van der Waals surface area contributed by atoms with E-state index in [0.717, 1.165) is 47.9 Å². The first kappa shape index (κ1) is 24.2. The van der Waals surface area contributed by atoms with Crippen LogP contribution in [0.1, 0.15) is 6.42 Å². The lowest BCUT2D eigenvalue weighted by Gasteiger charge is -2.33. The number of benzene rings is 2. The third kappa shape index (κ3) is 6.70. The lowest BCUT2D eigenvalue weighted by atomic mass is 10.2. The molecule has 0 aromatic heterocycles. The molecule has 0 saturated heterocycles. The van der Waals surface area contributed by atoms with Crippen LogP contribution >= 0.6 is 11.8 Å². The van der Waals surface area contributed by atoms with Crippen molar-refractivity contribution in [1.82, 2.24) is 4.90 Å². The topological polar surface area (TPSA) is 76.1 Å². The van der Waals surface area contributed by atoms with Crippen LogP contribution in [-0.2, 0) is 19.1 Å². The normalized spacial score (nSPS) is 11.9. The summed E-state index contributed by atoms with van der Waals surface area (Å²) in [7, 11) is 5.38. The van der Waals surface area contributed by atoms with Crippen molar-refractivity contribution in [2.24, 2.45) is 0 Å². The summed E-state index contributed by atoms with van der Waals surface area (Å²) in [6, 6.07) is 13.9. The van der Waals surface area contributed by atoms with Gasteiger partial charge in [-0.05, 0) is 51.3 Å². The summed E-state index contributed by atoms with van der Waals surface area (Å²) in [5, 5.41) is 0. The molecule has 0 spiro atoms. The number of ether oxygens (including phenoxy) is 2. The zero-order valence-corrected chi connectivity index (χ0v) is 18.7. The number of anilines is 2. The first-order valence-corrected chi connectivity index (χ1v) is 10.4. The highest BCUT2D eigenvalue weighted by molar-refractivity contribution is 7.99. The fraction of sp³-hybridized carbons (Fsp3) is 0.261. The molecular formula is C23H26N2O5S. The number of para-hydroxylation sites is 1. The molecule has 164 valence electrons. The monoisotopic (exact) mass is 442 g/mol. The van der Waals surface area contributed by atoms with Crippen LogP contribution in [0.15, 0.2) is 64.4 Å². The Hall–Kier alpha value is -3.10. The van der Waals surface area contributed by atoms with Gasteiger partial charge >= 0.3 is 11.9 Å². The van der Waals surface area contributed by atoms with Crippen molar-refractivity contribution >= 4 is 41.9 Å². The fourth-order valence-corrected chi connectivity index (χ4v) is 4.09. The van der Waals surface area contributed by atoms with Gasteiger partial charge in [0.1, 0.15) is 12.5 Å². The van der Waals surface area contributed by atoms with E-state index in [0.29, 0.717) is 5.75 Å². The summed E-state index contributed by atoms with van der Waals surface area (Å²) in [5.74, 6) is -0.799. The minimum Gasteiger partial charge on any atom is -0.466 e. The van der Waals surface area contributed by atoms with E-state index in [1.807, 2.05) is 31.1 Å². The van der Waals surface area contributed by atoms with Crippen molar-refractivity contribution in [3.05, 3.63) is 54.6 Å². The molecule has 1 aliphatic heterocycles. The minimum atomic E-state index is -0.627. The molecule has 1 aliphatic rings. The van der Waals surface area contributed by atoms with Crippen molar-refractivity contribution < 1.29 is 23.9 Å². The molecule has 0 N–H and O–H groups in total. The van der Waals surface area contributed by atoms with Gasteiger partial charge in [-0.2, -0.15) is 0 Å². The third-order valence-electron chi connectivity index (χ3n) is 4.36. The molecule has 1 heterocycles. The molecule has 0 atom stereocenters. The molecule has 2 aromatic rings. The van der Waals surface area contributed by atoms with E-state index in [1.54, 1.807) is 17.8 Å². The summed E-state index contributed by atoms with van der Waals surface area (Å²) in [6.45, 7) is 3.83. The van der Waals surface area contributed by atoms with Crippen LogP contribution in [-0.4, -0.2) is 57.9 Å². The van der Waals surface area contributed by atoms with Crippen LogP contribution in [0.3, 0.4) is 0 Å². The number of hydrogen-bond donors (Lipinski definition) is 0. The molecule has 0 radical (unpaired) electrons. The van der Waals surface area contributed by atoms with Crippen molar-refractivity contribution in [3.8, 4) is 5.75 Å². The SMILES string of the molecule is C=O.COC(=O)/C=C\C(=O)Oc1ccc2c(c1)N(CCCN(C)C)c1ccccc1S2. The standard InChI is InChI=1S/C22H24N2O4S.CH2O/c1-23(2)13-6-14-24-17-7-4-5-8-19(17)29-20-10-9-16(15-18(20)24)28-22(26)12-11-21(25)27-3;1-2/h4-5,7-12,15H,6,13-14H2,1-3H3;1H2/b12-11-;. The number of carbonyl (C=O) groups is 3. The van der Waals surface area contributed by atoms with Crippen LogP contribution in [0, 0.1) is 0 Å². The Balaban J connectivity index is 0.00000166. The Morgan fingerprint density at radius 3 is 2.42 bits per heavy atom. The Labute approximate surface area is 186 Å². The first-order valence-electron chi connectivity index (χ1n) is 9.58. The van der Waals surface area contributed by atoms with Gasteiger partial charge in [-0.25, -0.2) is 9.59 Å². The molecule has 0 fully saturated rings. The molecule has 3 rings (SSSR count). The first-order chi connectivity index (χ1) is 15.0. The maximum atomic E-state index is 12.0. The second-order valence-corrected chi connectivity index (χ2v) is 7.87. The Kier molecular flexibility index (Phi) is 9.30. The number of nitrogens with zero attached hydrogens (tertiary/aromatic N) is 2. The molecule has 31 heavy (non-hydrogen) atoms. The molecule has 2 aromatic carbocycles. The fourth-order valence-electron chi connectivity index (χ4n) is 3.01. The number of methoxy groups -OCH3 is 1. The second kappa shape index (κ2) is 11.9. The van der Waals surface area contributed by atoms with E-state index in [1.165, 1.54) is 12.0 Å². The van der Waals surface area contributed by atoms with Crippen molar-refractivity contribution in [1.29, 1.82) is 0 Å². The highest BCUT2D eigenvalue weighted by Gasteiger charge is 2.23. The molecule has 0 unspecified atom stereocenters. The molecule has 8 heteroatoms. The molecular weight excluding hydrogens is 416 g/mol. The lowest BCUT2D eigenvalue weighted by molar-refractivity contribution is -0.135. The smallest absolute Gasteiger partial charge is 0.336 e. The van der Waals surface area contributed by atoms with Gasteiger partial charge in [-0.15, -0.1) is 0 Å². The van der Waals surface area contributed by atoms with E-state index in [4.69, 9.17) is 9.53 Å². The van der Waals surface area contributed by atoms with Gasteiger partial charge in [0.25, 0.3) is 0 Å². The maximum Gasteiger partial charge on any atom is 0.336 e. The molecule has 0 amide bonds. The van der Waals surface area contributed by atoms with Gasteiger partial charge in [0.15, 0.2) is 0 Å². The highest BCUT2D eigenvalue weighted by atomic mass is 32.2. The third-order valence-corrected chi connectivity index (χ3v) is 5.49. The van der Waals surface area contributed by atoms with E-state index < -0.39 is 11.9 Å². The zero-order valence-electron chi connectivity index (χ0n) is 17.9. The van der Waals surface area contributed by atoms with Gasteiger partial charge in [-0.3, -0.25) is 0 Å². The van der Waals surface area contributed by atoms with Crippen LogP contribution in [0.25, 0.3) is 0 Å². The van der Waals surface area contributed by atoms with Crippen LogP contribution in [0.4, 0.5) is 11.4 Å². The molecule has 0 aliphatic carbocycles. The number of hydrogen-bond acceptors (Lipinski definition) is 8. The van der Waals surface area contributed by atoms with Crippen molar-refractivity contribution in [3.63, 3.8) is 0 Å². The van der Waals surface area contributed by atoms with Crippen LogP contribution in [0.2, 0.25) is 0 Å². The Morgan fingerprint density at radius 2 is 1.71 bits per heavy atom. The predicted molar refractivity (Wildman–Crippen MR) is 121 cm³/mol. The van der Waals surface area contributed by atoms with E-state index in [2.05, 4.69) is 40.8 Å². The average Bonchev–Trinajstić information content (AvgIpc) is 2.78. The van der Waals surface area contributed by atoms with Gasteiger partial charge in [0.2, 0.25) is 0 Å². The van der Waals surface area contributed by atoms with E-state index in [9.17, 15) is 9.59 Å². The number of carbonyl (C=O) groups excluding carboxylic acids is 3. The summed E-state index contributed by atoms with van der Waals surface area (Å²) >= 11 is 1.70. The summed E-state index contributed by atoms with van der Waals surface area (Å²) < 4.78 is 9.86. The minimum absolute atomic E-state index is 0.431. The van der Waals surface area contributed by atoms with E-state index >= 15 is 0 Å². The quantitative estimate of drug-likeness (QED) is 0.365. The zero-order chi connectivity index (χ0) is 22.8. The van der Waals surface area contributed by atoms with Crippen molar-refractivity contribution in [2.45, 2.75) is 16.2 Å². The molecule has 0 bridgehead atoms. The maximum absolute atomic E-state index is 12.0. The lowest BCUT2D eigenvalue weighted by Crippen LogP contribution is -2.25. The summed E-state index contributed by atoms with van der Waals surface area (Å²) in [4.78, 5) is 37.9. The Morgan fingerprint density at radius 1 is 1.03 bits per heavy atom. The number of rotatable bonds is 7.